The SMILES string of the molecule is COC(=O)N(Cc1cc(C(F)(F)F)cc(C(F)(F)F)c1)Cc1cc(C(F)(F)F)cnc1NC(C)CC1CCCC1. The van der Waals surface area contributed by atoms with Crippen molar-refractivity contribution in [2.75, 3.05) is 12.4 Å². The standard InChI is InChI=1S/C26H28F9N3O2/c1-15(7-16-5-3-4-6-16)37-22-18(10-21(12-36-22)26(33,34)35)14-38(23(39)40-2)13-17-8-19(24(27,28)29)11-20(9-17)25(30,31)32/h8-12,15-16H,3-7,13-14H2,1-2H3,(H,36,37). The van der Waals surface area contributed by atoms with E-state index in [4.69, 9.17) is 0 Å². The number of pyridine rings is 1. The van der Waals surface area contributed by atoms with E-state index in [2.05, 4.69) is 15.0 Å². The first kappa shape index (κ1) is 31.3. The number of methoxy groups -OCH3 is 1. The summed E-state index contributed by atoms with van der Waals surface area (Å²) in [6.45, 7) is 0.369. The molecule has 1 fully saturated rings. The molecule has 1 aromatic carbocycles. The molecule has 1 N–H and O–H groups in total. The van der Waals surface area contributed by atoms with Crippen LogP contribution in [0.25, 0.3) is 0 Å². The fourth-order valence-corrected chi connectivity index (χ4v) is 4.80. The minimum Gasteiger partial charge on any atom is -0.453 e. The summed E-state index contributed by atoms with van der Waals surface area (Å²) in [6, 6.07) is 1.35. The van der Waals surface area contributed by atoms with Gasteiger partial charge in [0, 0.05) is 24.3 Å². The van der Waals surface area contributed by atoms with E-state index in [1.807, 2.05) is 6.92 Å². The van der Waals surface area contributed by atoms with Gasteiger partial charge >= 0.3 is 24.6 Å². The summed E-state index contributed by atoms with van der Waals surface area (Å²) in [6.07, 6.45) is -10.7. The van der Waals surface area contributed by atoms with Crippen LogP contribution in [-0.2, 0) is 36.4 Å². The Balaban J connectivity index is 1.97. The summed E-state index contributed by atoms with van der Waals surface area (Å²) in [7, 11) is 0.926. The van der Waals surface area contributed by atoms with Gasteiger partial charge in [-0.25, -0.2) is 9.78 Å². The quantitative estimate of drug-likeness (QED) is 0.317. The Kier molecular flexibility index (Phi) is 9.50. The van der Waals surface area contributed by atoms with Gasteiger partial charge in [0.1, 0.15) is 5.82 Å². The summed E-state index contributed by atoms with van der Waals surface area (Å²) in [5.74, 6) is 0.433. The monoisotopic (exact) mass is 585 g/mol. The maximum atomic E-state index is 13.5. The highest BCUT2D eigenvalue weighted by molar-refractivity contribution is 5.68. The van der Waals surface area contributed by atoms with Crippen molar-refractivity contribution < 1.29 is 49.0 Å². The van der Waals surface area contributed by atoms with Gasteiger partial charge in [0.15, 0.2) is 0 Å². The minimum atomic E-state index is -5.12. The van der Waals surface area contributed by atoms with E-state index in [0.717, 1.165) is 38.9 Å². The first-order valence-electron chi connectivity index (χ1n) is 12.4. The number of ether oxygens (including phenoxy) is 1. The molecule has 0 aliphatic heterocycles. The second-order valence-electron chi connectivity index (χ2n) is 9.90. The molecule has 1 amide bonds. The molecule has 1 unspecified atom stereocenters. The lowest BCUT2D eigenvalue weighted by Gasteiger charge is -2.25. The summed E-state index contributed by atoms with van der Waals surface area (Å²) in [5, 5.41) is 3.05. The zero-order valence-corrected chi connectivity index (χ0v) is 21.6. The number of hydrogen-bond acceptors (Lipinski definition) is 4. The number of benzene rings is 1. The zero-order valence-electron chi connectivity index (χ0n) is 21.6. The van der Waals surface area contributed by atoms with Gasteiger partial charge in [0.05, 0.1) is 30.3 Å². The van der Waals surface area contributed by atoms with Crippen molar-refractivity contribution in [2.24, 2.45) is 5.92 Å². The Bertz CT molecular complexity index is 1140. The largest absolute Gasteiger partial charge is 0.453 e. The van der Waals surface area contributed by atoms with Gasteiger partial charge in [-0.1, -0.05) is 25.7 Å². The van der Waals surface area contributed by atoms with Crippen molar-refractivity contribution in [3.63, 3.8) is 0 Å². The van der Waals surface area contributed by atoms with Crippen LogP contribution in [-0.4, -0.2) is 29.1 Å². The lowest BCUT2D eigenvalue weighted by Crippen LogP contribution is -2.31. The molecule has 0 radical (unpaired) electrons. The summed E-state index contributed by atoms with van der Waals surface area (Å²) >= 11 is 0. The minimum absolute atomic E-state index is 0.00687. The molecule has 1 saturated carbocycles. The van der Waals surface area contributed by atoms with E-state index < -0.39 is 60.0 Å². The topological polar surface area (TPSA) is 54.5 Å². The van der Waals surface area contributed by atoms with Crippen LogP contribution >= 0.6 is 0 Å². The van der Waals surface area contributed by atoms with Crippen molar-refractivity contribution in [3.8, 4) is 0 Å². The van der Waals surface area contributed by atoms with E-state index in [1.165, 1.54) is 0 Å². The molecule has 222 valence electrons. The second-order valence-corrected chi connectivity index (χ2v) is 9.90. The lowest BCUT2D eigenvalue weighted by molar-refractivity contribution is -0.143. The van der Waals surface area contributed by atoms with Gasteiger partial charge in [-0.15, -0.1) is 0 Å². The Hall–Kier alpha value is -3.19. The summed E-state index contributed by atoms with van der Waals surface area (Å²) < 4.78 is 125. The predicted octanol–water partition coefficient (Wildman–Crippen LogP) is 8.29. The lowest BCUT2D eigenvalue weighted by atomic mass is 9.99. The van der Waals surface area contributed by atoms with Gasteiger partial charge in [-0.3, -0.25) is 4.90 Å². The Labute approximate surface area is 224 Å². The maximum absolute atomic E-state index is 13.5. The van der Waals surface area contributed by atoms with E-state index >= 15 is 0 Å². The normalized spacial score (nSPS) is 15.7. The molecule has 1 heterocycles. The summed E-state index contributed by atoms with van der Waals surface area (Å²) in [4.78, 5) is 17.1. The molecule has 0 saturated heterocycles. The van der Waals surface area contributed by atoms with Gasteiger partial charge in [0.25, 0.3) is 0 Å². The van der Waals surface area contributed by atoms with E-state index in [9.17, 15) is 44.3 Å². The molecule has 40 heavy (non-hydrogen) atoms. The fourth-order valence-electron chi connectivity index (χ4n) is 4.80. The van der Waals surface area contributed by atoms with E-state index in [-0.39, 0.29) is 23.5 Å². The third kappa shape index (κ3) is 8.40. The van der Waals surface area contributed by atoms with Crippen LogP contribution in [0.5, 0.6) is 0 Å². The summed E-state index contributed by atoms with van der Waals surface area (Å²) in [5.41, 5.74) is -5.00. The number of anilines is 1. The highest BCUT2D eigenvalue weighted by atomic mass is 19.4. The first-order valence-corrected chi connectivity index (χ1v) is 12.4. The smallest absolute Gasteiger partial charge is 0.417 e. The molecule has 1 aromatic heterocycles. The van der Waals surface area contributed by atoms with Gasteiger partial charge < -0.3 is 10.1 Å². The average Bonchev–Trinajstić information content (AvgIpc) is 3.35. The number of amides is 1. The molecular weight excluding hydrogens is 557 g/mol. The molecular formula is C26H28F9N3O2. The predicted molar refractivity (Wildman–Crippen MR) is 127 cm³/mol. The fraction of sp³-hybridized carbons (Fsp3) is 0.538. The molecule has 1 atom stereocenters. The van der Waals surface area contributed by atoms with Crippen molar-refractivity contribution in [3.05, 3.63) is 58.3 Å². The molecule has 0 bridgehead atoms. The first-order chi connectivity index (χ1) is 18.5. The number of halogens is 9. The molecule has 14 heteroatoms. The number of hydrogen-bond donors (Lipinski definition) is 1. The number of nitrogens with zero attached hydrogens (tertiary/aromatic N) is 2. The van der Waals surface area contributed by atoms with E-state index in [1.54, 1.807) is 0 Å². The van der Waals surface area contributed by atoms with E-state index in [0.29, 0.717) is 35.6 Å². The number of rotatable bonds is 8. The third-order valence-electron chi connectivity index (χ3n) is 6.65. The molecule has 1 aliphatic rings. The number of aromatic nitrogens is 1. The Morgan fingerprint density at radius 3 is 1.98 bits per heavy atom. The highest BCUT2D eigenvalue weighted by Crippen LogP contribution is 2.37. The van der Waals surface area contributed by atoms with Crippen LogP contribution in [0.2, 0.25) is 0 Å². The second kappa shape index (κ2) is 12.1. The van der Waals surface area contributed by atoms with Crippen molar-refractivity contribution in [1.29, 1.82) is 0 Å². The number of carbonyl (C=O) groups excluding carboxylic acids is 1. The van der Waals surface area contributed by atoms with Crippen LogP contribution in [0.15, 0.2) is 30.5 Å². The van der Waals surface area contributed by atoms with Crippen LogP contribution in [0.4, 0.5) is 50.1 Å². The van der Waals surface area contributed by atoms with Crippen LogP contribution in [0.3, 0.4) is 0 Å². The van der Waals surface area contributed by atoms with Crippen LogP contribution in [0.1, 0.15) is 66.8 Å². The van der Waals surface area contributed by atoms with Crippen molar-refractivity contribution in [1.82, 2.24) is 9.88 Å². The van der Waals surface area contributed by atoms with Crippen molar-refractivity contribution >= 4 is 11.9 Å². The highest BCUT2D eigenvalue weighted by Gasteiger charge is 2.37. The third-order valence-corrected chi connectivity index (χ3v) is 6.65. The Morgan fingerprint density at radius 2 is 1.48 bits per heavy atom. The molecule has 3 rings (SSSR count). The Morgan fingerprint density at radius 1 is 0.925 bits per heavy atom. The van der Waals surface area contributed by atoms with Crippen LogP contribution < -0.4 is 5.32 Å². The molecule has 0 spiro atoms. The molecule has 5 nitrogen and oxygen atoms in total. The van der Waals surface area contributed by atoms with Gasteiger partial charge in [0.2, 0.25) is 0 Å². The zero-order chi connectivity index (χ0) is 29.9. The number of nitrogens with one attached hydrogen (secondary N) is 1. The van der Waals surface area contributed by atoms with Gasteiger partial charge in [-0.05, 0) is 49.1 Å². The average molecular weight is 586 g/mol. The molecule has 1 aliphatic carbocycles. The number of carbonyl (C=O) groups is 1. The number of alkyl halides is 9. The van der Waals surface area contributed by atoms with Crippen LogP contribution in [0, 0.1) is 5.92 Å². The molecule has 2 aromatic rings. The van der Waals surface area contributed by atoms with Crippen molar-refractivity contribution in [2.45, 2.75) is 76.7 Å². The maximum Gasteiger partial charge on any atom is 0.417 e. The van der Waals surface area contributed by atoms with Gasteiger partial charge in [-0.2, -0.15) is 39.5 Å².